The largest absolute Gasteiger partial charge is 0.491 e. The Kier molecular flexibility index (Phi) is 9.05. The zero-order valence-electron chi connectivity index (χ0n) is 25.2. The Labute approximate surface area is 257 Å². The van der Waals surface area contributed by atoms with E-state index in [9.17, 15) is 14.0 Å². The van der Waals surface area contributed by atoms with Gasteiger partial charge in [-0.15, -0.1) is 0 Å². The molecule has 0 atom stereocenters. The summed E-state index contributed by atoms with van der Waals surface area (Å²) in [4.78, 5) is 38.7. The second-order valence-corrected chi connectivity index (χ2v) is 10.1. The predicted molar refractivity (Wildman–Crippen MR) is 165 cm³/mol. The van der Waals surface area contributed by atoms with Crippen molar-refractivity contribution in [1.82, 2.24) is 15.0 Å². The topological polar surface area (TPSA) is 125 Å². The van der Waals surface area contributed by atoms with Gasteiger partial charge in [-0.05, 0) is 56.2 Å². The van der Waals surface area contributed by atoms with Crippen LogP contribution in [0.1, 0.15) is 27.3 Å². The lowest BCUT2D eigenvalue weighted by Crippen LogP contribution is -2.26. The third kappa shape index (κ3) is 6.46. The first-order valence-corrected chi connectivity index (χ1v) is 13.9. The molecule has 10 nitrogen and oxygen atoms in total. The fraction of sp³-hybridized carbons (Fsp3) is 0.212. The van der Waals surface area contributed by atoms with Gasteiger partial charge in [-0.25, -0.2) is 13.8 Å². The lowest BCUT2D eigenvalue weighted by atomic mass is 9.96. The number of rotatable bonds is 10. The van der Waals surface area contributed by atoms with Gasteiger partial charge in [0.05, 0.1) is 19.2 Å². The summed E-state index contributed by atoms with van der Waals surface area (Å²) in [6.45, 7) is 5.54. The van der Waals surface area contributed by atoms with E-state index in [0.717, 1.165) is 6.07 Å². The first kappa shape index (κ1) is 31.1. The average Bonchev–Trinajstić information content (AvgIpc) is 2.99. The smallest absolute Gasteiger partial charge is 0.261 e. The Balaban J connectivity index is 1.41. The molecule has 0 spiro atoms. The molecule has 0 aliphatic carbocycles. The highest BCUT2D eigenvalue weighted by Crippen LogP contribution is 2.35. The first-order valence-electron chi connectivity index (χ1n) is 13.9. The van der Waals surface area contributed by atoms with Gasteiger partial charge in [0.2, 0.25) is 5.43 Å². The second-order valence-electron chi connectivity index (χ2n) is 10.1. The molecule has 1 amide bonds. The molecule has 2 aromatic carbocycles. The molecule has 2 N–H and O–H groups in total. The monoisotopic (exact) mass is 616 g/mol. The van der Waals surface area contributed by atoms with Crippen molar-refractivity contribution >= 4 is 22.6 Å². The molecule has 0 aliphatic heterocycles. The van der Waals surface area contributed by atoms with Crippen LogP contribution >= 0.6 is 0 Å². The fourth-order valence-electron chi connectivity index (χ4n) is 4.92. The van der Waals surface area contributed by atoms with Crippen LogP contribution in [0.5, 0.6) is 23.1 Å². The summed E-state index contributed by atoms with van der Waals surface area (Å²) in [6.07, 6.45) is 1.49. The maximum absolute atomic E-state index is 15.3. The van der Waals surface area contributed by atoms with Crippen molar-refractivity contribution in [1.29, 1.82) is 0 Å². The van der Waals surface area contributed by atoms with Gasteiger partial charge >= 0.3 is 0 Å². The van der Waals surface area contributed by atoms with E-state index in [2.05, 4.69) is 20.3 Å². The molecule has 0 saturated carbocycles. The quantitative estimate of drug-likeness (QED) is 0.176. The minimum absolute atomic E-state index is 0.0972. The van der Waals surface area contributed by atoms with E-state index < -0.39 is 23.0 Å². The number of anilines is 1. The van der Waals surface area contributed by atoms with Crippen LogP contribution in [0.2, 0.25) is 0 Å². The Morgan fingerprint density at radius 1 is 0.933 bits per heavy atom. The maximum atomic E-state index is 15.3. The van der Waals surface area contributed by atoms with E-state index >= 15 is 4.39 Å². The fourth-order valence-corrected chi connectivity index (χ4v) is 4.92. The van der Waals surface area contributed by atoms with E-state index in [0.29, 0.717) is 45.9 Å². The molecule has 0 bridgehead atoms. The summed E-state index contributed by atoms with van der Waals surface area (Å²) in [7, 11) is 3.02. The predicted octanol–water partition coefficient (Wildman–Crippen LogP) is 6.27. The second kappa shape index (κ2) is 13.1. The Hall–Kier alpha value is -5.36. The van der Waals surface area contributed by atoms with Gasteiger partial charge in [0.15, 0.2) is 23.1 Å². The zero-order valence-corrected chi connectivity index (χ0v) is 25.2. The number of hydrogen-bond donors (Lipinski definition) is 2. The molecule has 0 unspecified atom stereocenters. The Bertz CT molecular complexity index is 1980. The zero-order chi connectivity index (χ0) is 32.2. The van der Waals surface area contributed by atoms with E-state index in [1.807, 2.05) is 0 Å². The number of ether oxygens (including phenoxy) is 4. The minimum Gasteiger partial charge on any atom is -0.491 e. The lowest BCUT2D eigenvalue weighted by Gasteiger charge is -2.15. The standard InChI is InChI=1S/C33H30F2N4O6/c1-17-14-20(34)6-8-22(17)28-18(2)37-19(3)29(31(28)40)32(41)38-21-7-9-25(23(35)15-21)45-26-10-11-36-24-16-27(43-5)33(39-30(24)26)44-13-12-42-4/h6-11,14-16H,12-13H2,1-5H3,(H,37,40)(H,38,41). The maximum Gasteiger partial charge on any atom is 0.261 e. The van der Waals surface area contributed by atoms with Gasteiger partial charge in [0.1, 0.15) is 23.5 Å². The number of benzene rings is 2. The normalized spacial score (nSPS) is 11.0. The van der Waals surface area contributed by atoms with Gasteiger partial charge in [0, 0.05) is 54.1 Å². The van der Waals surface area contributed by atoms with Crippen molar-refractivity contribution in [2.24, 2.45) is 0 Å². The molecule has 0 fully saturated rings. The number of nitrogens with one attached hydrogen (secondary N) is 2. The number of aryl methyl sites for hydroxylation is 3. The number of carbonyl (C=O) groups excluding carboxylic acids is 1. The average molecular weight is 617 g/mol. The number of nitrogens with zero attached hydrogens (tertiary/aromatic N) is 2. The molecule has 5 aromatic rings. The number of amides is 1. The van der Waals surface area contributed by atoms with Crippen LogP contribution in [0.3, 0.4) is 0 Å². The molecule has 0 radical (unpaired) electrons. The van der Waals surface area contributed by atoms with E-state index in [4.69, 9.17) is 18.9 Å². The van der Waals surface area contributed by atoms with Crippen LogP contribution in [0.25, 0.3) is 22.2 Å². The van der Waals surface area contributed by atoms with Crippen molar-refractivity contribution < 1.29 is 32.5 Å². The van der Waals surface area contributed by atoms with Gasteiger partial charge in [-0.1, -0.05) is 6.07 Å². The molecule has 3 heterocycles. The number of aromatic nitrogens is 3. The Morgan fingerprint density at radius 3 is 2.44 bits per heavy atom. The minimum atomic E-state index is -0.778. The number of pyridine rings is 3. The van der Waals surface area contributed by atoms with E-state index in [-0.39, 0.29) is 40.8 Å². The van der Waals surface area contributed by atoms with Gasteiger partial charge in [0.25, 0.3) is 11.8 Å². The summed E-state index contributed by atoms with van der Waals surface area (Å²) < 4.78 is 50.9. The highest BCUT2D eigenvalue weighted by molar-refractivity contribution is 6.05. The summed E-state index contributed by atoms with van der Waals surface area (Å²) >= 11 is 0. The van der Waals surface area contributed by atoms with Gasteiger partial charge in [-0.2, -0.15) is 0 Å². The summed E-state index contributed by atoms with van der Waals surface area (Å²) in [5.74, 6) is -1.33. The molecule has 3 aromatic heterocycles. The summed E-state index contributed by atoms with van der Waals surface area (Å²) in [5.41, 5.74) is 2.32. The highest BCUT2D eigenvalue weighted by atomic mass is 19.1. The third-order valence-corrected chi connectivity index (χ3v) is 7.03. The molecule has 12 heteroatoms. The third-order valence-electron chi connectivity index (χ3n) is 7.03. The molecule has 0 aliphatic rings. The molecule has 232 valence electrons. The number of H-pyrrole nitrogens is 1. The number of aromatic amines is 1. The number of methoxy groups -OCH3 is 2. The van der Waals surface area contributed by atoms with Crippen molar-refractivity contribution in [3.8, 4) is 34.3 Å². The summed E-state index contributed by atoms with van der Waals surface area (Å²) in [5, 5.41) is 2.59. The van der Waals surface area contributed by atoms with Gasteiger partial charge in [-0.3, -0.25) is 14.6 Å². The molecule has 0 saturated heterocycles. The SMILES string of the molecule is COCCOc1nc2c(Oc3ccc(NC(=O)c4c(C)[nH]c(C)c(-c5ccc(F)cc5C)c4=O)cc3F)ccnc2cc1OC. The van der Waals surface area contributed by atoms with Crippen LogP contribution < -0.4 is 25.0 Å². The van der Waals surface area contributed by atoms with Crippen molar-refractivity contribution in [2.45, 2.75) is 20.8 Å². The van der Waals surface area contributed by atoms with Crippen LogP contribution in [-0.4, -0.2) is 48.3 Å². The highest BCUT2D eigenvalue weighted by Gasteiger charge is 2.22. The molecule has 45 heavy (non-hydrogen) atoms. The van der Waals surface area contributed by atoms with E-state index in [1.165, 1.54) is 49.7 Å². The molecular formula is C33H30F2N4O6. The van der Waals surface area contributed by atoms with Crippen molar-refractivity contribution in [3.05, 3.63) is 99.1 Å². The number of fused-ring (bicyclic) bond motifs is 1. The van der Waals surface area contributed by atoms with Crippen molar-refractivity contribution in [2.75, 3.05) is 32.8 Å². The van der Waals surface area contributed by atoms with Crippen LogP contribution in [0.15, 0.2) is 59.5 Å². The summed E-state index contributed by atoms with van der Waals surface area (Å²) in [6, 6.07) is 11.1. The van der Waals surface area contributed by atoms with Gasteiger partial charge < -0.3 is 29.2 Å². The number of hydrogen-bond acceptors (Lipinski definition) is 8. The van der Waals surface area contributed by atoms with Crippen LogP contribution in [0.4, 0.5) is 14.5 Å². The molecule has 5 rings (SSSR count). The van der Waals surface area contributed by atoms with Crippen LogP contribution in [0, 0.1) is 32.4 Å². The Morgan fingerprint density at radius 2 is 1.73 bits per heavy atom. The number of carbonyl (C=O) groups is 1. The lowest BCUT2D eigenvalue weighted by molar-refractivity contribution is 0.102. The number of halogens is 2. The van der Waals surface area contributed by atoms with Crippen molar-refractivity contribution in [3.63, 3.8) is 0 Å². The van der Waals surface area contributed by atoms with Crippen LogP contribution in [-0.2, 0) is 4.74 Å². The first-order chi connectivity index (χ1) is 21.6. The van der Waals surface area contributed by atoms with E-state index in [1.54, 1.807) is 33.9 Å². The molecular weight excluding hydrogens is 586 g/mol.